The summed E-state index contributed by atoms with van der Waals surface area (Å²) in [4.78, 5) is 5.47. The van der Waals surface area contributed by atoms with E-state index in [-0.39, 0.29) is 0 Å². The van der Waals surface area contributed by atoms with Crippen LogP contribution in [0.3, 0.4) is 0 Å². The Kier molecular flexibility index (Phi) is 2.65. The third-order valence-corrected chi connectivity index (χ3v) is 4.44. The normalized spacial score (nSPS) is 11.3. The molecule has 0 aliphatic rings. The van der Waals surface area contributed by atoms with E-state index in [0.29, 0.717) is 0 Å². The Morgan fingerprint density at radius 3 is 2.71 bits per heavy atom. The van der Waals surface area contributed by atoms with Crippen molar-refractivity contribution in [1.29, 1.82) is 0 Å². The van der Waals surface area contributed by atoms with Crippen LogP contribution < -0.4 is 4.74 Å². The summed E-state index contributed by atoms with van der Waals surface area (Å²) in [5.74, 6) is 1.69. The zero-order valence-electron chi connectivity index (χ0n) is 11.6. The van der Waals surface area contributed by atoms with E-state index in [1.807, 2.05) is 35.6 Å². The number of thiophene rings is 1. The van der Waals surface area contributed by atoms with Gasteiger partial charge in [-0.05, 0) is 24.6 Å². The number of rotatable bonds is 2. The molecule has 0 aliphatic heterocycles. The Balaban J connectivity index is 2.01. The monoisotopic (exact) mass is 296 g/mol. The lowest BCUT2D eigenvalue weighted by Gasteiger charge is -2.03. The van der Waals surface area contributed by atoms with Crippen molar-refractivity contribution in [3.05, 3.63) is 41.8 Å². The highest BCUT2D eigenvalue weighted by atomic mass is 32.1. The smallest absolute Gasteiger partial charge is 0.173 e. The summed E-state index contributed by atoms with van der Waals surface area (Å²) in [6, 6.07) is 8.02. The molecule has 104 valence electrons. The van der Waals surface area contributed by atoms with Gasteiger partial charge in [-0.1, -0.05) is 12.1 Å². The predicted molar refractivity (Wildman–Crippen MR) is 82.9 cm³/mol. The van der Waals surface area contributed by atoms with Crippen LogP contribution >= 0.6 is 11.3 Å². The van der Waals surface area contributed by atoms with Gasteiger partial charge in [0.05, 0.1) is 12.5 Å². The molecule has 0 saturated heterocycles. The second-order valence-electron chi connectivity index (χ2n) is 4.74. The number of nitrogens with zero attached hydrogens (tertiary/aromatic N) is 4. The van der Waals surface area contributed by atoms with Gasteiger partial charge in [-0.15, -0.1) is 21.5 Å². The van der Waals surface area contributed by atoms with E-state index in [1.54, 1.807) is 24.8 Å². The highest BCUT2D eigenvalue weighted by Gasteiger charge is 2.14. The van der Waals surface area contributed by atoms with Gasteiger partial charge in [0, 0.05) is 10.9 Å². The van der Waals surface area contributed by atoms with Crippen molar-refractivity contribution in [1.82, 2.24) is 19.6 Å². The lowest BCUT2D eigenvalue weighted by Crippen LogP contribution is -1.90. The average Bonchev–Trinajstić information content (AvgIpc) is 3.11. The second-order valence-corrected chi connectivity index (χ2v) is 5.60. The largest absolute Gasteiger partial charge is 0.497 e. The molecule has 21 heavy (non-hydrogen) atoms. The zero-order valence-corrected chi connectivity index (χ0v) is 12.4. The first-order chi connectivity index (χ1) is 10.3. The molecule has 0 radical (unpaired) electrons. The summed E-state index contributed by atoms with van der Waals surface area (Å²) in [5.41, 5.74) is 3.10. The molecule has 1 aromatic carbocycles. The molecule has 0 spiro atoms. The Labute approximate surface area is 124 Å². The lowest BCUT2D eigenvalue weighted by atomic mass is 10.1. The predicted octanol–water partition coefficient (Wildman–Crippen LogP) is 3.32. The highest BCUT2D eigenvalue weighted by molar-refractivity contribution is 7.17. The number of methoxy groups -OCH3 is 1. The molecule has 0 atom stereocenters. The summed E-state index contributed by atoms with van der Waals surface area (Å²) in [7, 11) is 1.67. The Bertz CT molecular complexity index is 940. The molecule has 0 N–H and O–H groups in total. The van der Waals surface area contributed by atoms with Crippen LogP contribution in [0.5, 0.6) is 5.75 Å². The maximum atomic E-state index is 5.21. The molecular formula is C15H12N4OS. The molecule has 0 unspecified atom stereocenters. The molecule has 6 heteroatoms. The van der Waals surface area contributed by atoms with Crippen molar-refractivity contribution in [2.45, 2.75) is 6.92 Å². The number of hydrogen-bond acceptors (Lipinski definition) is 5. The molecule has 0 aliphatic carbocycles. The van der Waals surface area contributed by atoms with Crippen molar-refractivity contribution in [3.8, 4) is 16.9 Å². The Morgan fingerprint density at radius 2 is 1.95 bits per heavy atom. The number of ether oxygens (including phenoxy) is 1. The van der Waals surface area contributed by atoms with Crippen LogP contribution in [0.25, 0.3) is 27.0 Å². The van der Waals surface area contributed by atoms with Crippen molar-refractivity contribution in [2.24, 2.45) is 0 Å². The van der Waals surface area contributed by atoms with Gasteiger partial charge < -0.3 is 4.74 Å². The maximum Gasteiger partial charge on any atom is 0.173 e. The van der Waals surface area contributed by atoms with Gasteiger partial charge in [0.2, 0.25) is 0 Å². The quantitative estimate of drug-likeness (QED) is 0.569. The summed E-state index contributed by atoms with van der Waals surface area (Å²) in [6.07, 6.45) is 1.78. The van der Waals surface area contributed by atoms with E-state index in [4.69, 9.17) is 4.74 Å². The standard InChI is InChI=1S/C15H12N4OS/c1-9-17-18-14-13-12(7-21-15(13)16-8-19(9)14)10-3-5-11(20-2)6-4-10/h3-8H,1-2H3. The first kappa shape index (κ1) is 12.3. The second kappa shape index (κ2) is 4.53. The van der Waals surface area contributed by atoms with Gasteiger partial charge in [0.1, 0.15) is 22.7 Å². The van der Waals surface area contributed by atoms with Gasteiger partial charge in [-0.25, -0.2) is 4.98 Å². The van der Waals surface area contributed by atoms with E-state index in [0.717, 1.165) is 38.6 Å². The average molecular weight is 296 g/mol. The third-order valence-electron chi connectivity index (χ3n) is 3.55. The van der Waals surface area contributed by atoms with Crippen LogP contribution in [0.15, 0.2) is 36.0 Å². The molecule has 0 saturated carbocycles. The van der Waals surface area contributed by atoms with Crippen LogP contribution in [0.2, 0.25) is 0 Å². The number of aryl methyl sites for hydroxylation is 1. The Hall–Kier alpha value is -2.47. The number of fused-ring (bicyclic) bond motifs is 3. The summed E-state index contributed by atoms with van der Waals surface area (Å²) in [5, 5.41) is 11.6. The third kappa shape index (κ3) is 1.80. The van der Waals surface area contributed by atoms with Gasteiger partial charge in [0.25, 0.3) is 0 Å². The maximum absolute atomic E-state index is 5.21. The molecular weight excluding hydrogens is 284 g/mol. The van der Waals surface area contributed by atoms with Gasteiger partial charge >= 0.3 is 0 Å². The van der Waals surface area contributed by atoms with Crippen LogP contribution in [-0.2, 0) is 0 Å². The molecule has 3 aromatic heterocycles. The molecule has 0 amide bonds. The first-order valence-corrected chi connectivity index (χ1v) is 7.38. The molecule has 4 aromatic rings. The fourth-order valence-corrected chi connectivity index (χ4v) is 3.34. The molecule has 0 bridgehead atoms. The Morgan fingerprint density at radius 1 is 1.14 bits per heavy atom. The van der Waals surface area contributed by atoms with Gasteiger partial charge in [-0.3, -0.25) is 4.40 Å². The summed E-state index contributed by atoms with van der Waals surface area (Å²) < 4.78 is 7.13. The van der Waals surface area contributed by atoms with E-state index < -0.39 is 0 Å². The van der Waals surface area contributed by atoms with Crippen molar-refractivity contribution < 1.29 is 4.74 Å². The topological polar surface area (TPSA) is 52.3 Å². The van der Waals surface area contributed by atoms with Crippen LogP contribution in [0, 0.1) is 6.92 Å². The van der Waals surface area contributed by atoms with Crippen LogP contribution in [0.4, 0.5) is 0 Å². The zero-order chi connectivity index (χ0) is 14.4. The lowest BCUT2D eigenvalue weighted by molar-refractivity contribution is 0.415. The highest BCUT2D eigenvalue weighted by Crippen LogP contribution is 2.35. The fraction of sp³-hybridized carbons (Fsp3) is 0.133. The van der Waals surface area contributed by atoms with E-state index in [9.17, 15) is 0 Å². The first-order valence-electron chi connectivity index (χ1n) is 6.50. The minimum Gasteiger partial charge on any atom is -0.497 e. The summed E-state index contributed by atoms with van der Waals surface area (Å²) in [6.45, 7) is 1.92. The SMILES string of the molecule is COc1ccc(-c2csc3ncn4c(C)nnc4c23)cc1. The van der Waals surface area contributed by atoms with Gasteiger partial charge in [0.15, 0.2) is 5.65 Å². The van der Waals surface area contributed by atoms with Crippen molar-refractivity contribution in [3.63, 3.8) is 0 Å². The van der Waals surface area contributed by atoms with Crippen molar-refractivity contribution >= 4 is 27.2 Å². The van der Waals surface area contributed by atoms with E-state index in [1.165, 1.54) is 0 Å². The number of hydrogen-bond donors (Lipinski definition) is 0. The van der Waals surface area contributed by atoms with Crippen molar-refractivity contribution in [2.75, 3.05) is 7.11 Å². The molecule has 0 fully saturated rings. The molecule has 5 nitrogen and oxygen atoms in total. The molecule has 4 rings (SSSR count). The fourth-order valence-electron chi connectivity index (χ4n) is 2.43. The summed E-state index contributed by atoms with van der Waals surface area (Å²) >= 11 is 1.62. The molecule has 3 heterocycles. The van der Waals surface area contributed by atoms with E-state index >= 15 is 0 Å². The van der Waals surface area contributed by atoms with Gasteiger partial charge in [-0.2, -0.15) is 0 Å². The minimum atomic E-state index is 0.839. The number of benzene rings is 1. The van der Waals surface area contributed by atoms with E-state index in [2.05, 4.69) is 20.6 Å². The number of aromatic nitrogens is 4. The minimum absolute atomic E-state index is 0.839. The van der Waals surface area contributed by atoms with Crippen LogP contribution in [0.1, 0.15) is 5.82 Å². The van der Waals surface area contributed by atoms with Crippen LogP contribution in [-0.4, -0.2) is 26.7 Å².